The molecule has 0 aliphatic heterocycles. The van der Waals surface area contributed by atoms with Gasteiger partial charge in [-0.1, -0.05) is 30.3 Å². The van der Waals surface area contributed by atoms with Crippen LogP contribution in [0.4, 0.5) is 0 Å². The molecular formula is C19H20N2O4. The number of amides is 1. The summed E-state index contributed by atoms with van der Waals surface area (Å²) in [5.41, 5.74) is 5.79. The smallest absolute Gasteiger partial charge is 0.374 e. The van der Waals surface area contributed by atoms with E-state index in [-0.39, 0.29) is 18.1 Å². The van der Waals surface area contributed by atoms with Crippen molar-refractivity contribution in [1.29, 1.82) is 0 Å². The number of hydrogen-bond acceptors (Lipinski definition) is 5. The number of hydrazone groups is 1. The molecule has 2 aromatic rings. The van der Waals surface area contributed by atoms with Crippen LogP contribution in [0, 0.1) is 6.92 Å². The summed E-state index contributed by atoms with van der Waals surface area (Å²) in [6.45, 7) is 1.81. The van der Waals surface area contributed by atoms with Crippen LogP contribution in [0.15, 0.2) is 39.9 Å². The molecule has 0 bridgehead atoms. The van der Waals surface area contributed by atoms with Gasteiger partial charge in [-0.2, -0.15) is 5.10 Å². The lowest BCUT2D eigenvalue weighted by atomic mass is 9.93. The summed E-state index contributed by atoms with van der Waals surface area (Å²) in [7, 11) is 1.32. The fourth-order valence-electron chi connectivity index (χ4n) is 3.02. The molecule has 1 aromatic heterocycles. The molecule has 6 heteroatoms. The minimum absolute atomic E-state index is 0.180. The van der Waals surface area contributed by atoms with E-state index in [9.17, 15) is 9.59 Å². The quantitative estimate of drug-likeness (QED) is 0.685. The van der Waals surface area contributed by atoms with Gasteiger partial charge in [0.2, 0.25) is 11.7 Å². The van der Waals surface area contributed by atoms with E-state index in [0.29, 0.717) is 5.56 Å². The van der Waals surface area contributed by atoms with E-state index in [1.165, 1.54) is 7.11 Å². The second kappa shape index (κ2) is 7.34. The highest BCUT2D eigenvalue weighted by Gasteiger charge is 2.28. The van der Waals surface area contributed by atoms with Crippen molar-refractivity contribution in [1.82, 2.24) is 5.43 Å². The SMILES string of the molecule is COC(=O)c1oc2c(c1C)/C(=N/NC(=O)Cc1ccccc1)CCC2. The van der Waals surface area contributed by atoms with Gasteiger partial charge in [-0.25, -0.2) is 10.2 Å². The van der Waals surface area contributed by atoms with Crippen molar-refractivity contribution in [2.24, 2.45) is 5.10 Å². The van der Waals surface area contributed by atoms with Gasteiger partial charge in [-0.05, 0) is 25.3 Å². The molecule has 1 aromatic carbocycles. The van der Waals surface area contributed by atoms with Crippen LogP contribution >= 0.6 is 0 Å². The van der Waals surface area contributed by atoms with E-state index in [1.807, 2.05) is 30.3 Å². The first-order chi connectivity index (χ1) is 12.1. The Kier molecular flexibility index (Phi) is 4.97. The van der Waals surface area contributed by atoms with E-state index in [4.69, 9.17) is 9.15 Å². The van der Waals surface area contributed by atoms with E-state index in [2.05, 4.69) is 10.5 Å². The lowest BCUT2D eigenvalue weighted by molar-refractivity contribution is -0.120. The summed E-state index contributed by atoms with van der Waals surface area (Å²) in [6, 6.07) is 9.49. The van der Waals surface area contributed by atoms with Gasteiger partial charge in [-0.3, -0.25) is 4.79 Å². The minimum atomic E-state index is -0.501. The molecular weight excluding hydrogens is 320 g/mol. The second-order valence-electron chi connectivity index (χ2n) is 5.96. The number of carbonyl (C=O) groups is 2. The highest BCUT2D eigenvalue weighted by Crippen LogP contribution is 2.30. The molecule has 0 fully saturated rings. The molecule has 1 N–H and O–H groups in total. The fraction of sp³-hybridized carbons (Fsp3) is 0.316. The molecule has 0 spiro atoms. The van der Waals surface area contributed by atoms with Crippen LogP contribution < -0.4 is 5.43 Å². The molecule has 0 unspecified atom stereocenters. The molecule has 6 nitrogen and oxygen atoms in total. The van der Waals surface area contributed by atoms with Crippen molar-refractivity contribution in [3.8, 4) is 0 Å². The summed E-state index contributed by atoms with van der Waals surface area (Å²) in [4.78, 5) is 23.9. The minimum Gasteiger partial charge on any atom is -0.463 e. The van der Waals surface area contributed by atoms with E-state index in [0.717, 1.165) is 41.9 Å². The Morgan fingerprint density at radius 1 is 1.24 bits per heavy atom. The Morgan fingerprint density at radius 3 is 2.72 bits per heavy atom. The maximum Gasteiger partial charge on any atom is 0.374 e. The van der Waals surface area contributed by atoms with Crippen LogP contribution in [-0.4, -0.2) is 24.7 Å². The van der Waals surface area contributed by atoms with E-state index >= 15 is 0 Å². The number of benzene rings is 1. The van der Waals surface area contributed by atoms with Crippen molar-refractivity contribution in [3.05, 3.63) is 58.5 Å². The van der Waals surface area contributed by atoms with Gasteiger partial charge < -0.3 is 9.15 Å². The predicted octanol–water partition coefficient (Wildman–Crippen LogP) is 2.77. The first-order valence-electron chi connectivity index (χ1n) is 8.20. The van der Waals surface area contributed by atoms with E-state index < -0.39 is 5.97 Å². The molecule has 1 aliphatic rings. The van der Waals surface area contributed by atoms with Gasteiger partial charge >= 0.3 is 5.97 Å². The van der Waals surface area contributed by atoms with Gasteiger partial charge in [0.05, 0.1) is 19.2 Å². The number of fused-ring (bicyclic) bond motifs is 1. The zero-order valence-electron chi connectivity index (χ0n) is 14.3. The Bertz CT molecular complexity index is 821. The predicted molar refractivity (Wildman–Crippen MR) is 92.5 cm³/mol. The Balaban J connectivity index is 1.78. The number of nitrogens with one attached hydrogen (secondary N) is 1. The lowest BCUT2D eigenvalue weighted by Gasteiger charge is -2.13. The Hall–Kier alpha value is -2.89. The molecule has 1 amide bonds. The van der Waals surface area contributed by atoms with Crippen LogP contribution in [0.3, 0.4) is 0 Å². The third-order valence-electron chi connectivity index (χ3n) is 4.22. The first-order valence-corrected chi connectivity index (χ1v) is 8.20. The number of carbonyl (C=O) groups excluding carboxylic acids is 2. The average Bonchev–Trinajstić information content (AvgIpc) is 2.97. The summed E-state index contributed by atoms with van der Waals surface area (Å²) < 4.78 is 10.4. The van der Waals surface area contributed by atoms with Gasteiger partial charge in [0.25, 0.3) is 0 Å². The second-order valence-corrected chi connectivity index (χ2v) is 5.96. The van der Waals surface area contributed by atoms with Crippen molar-refractivity contribution in [3.63, 3.8) is 0 Å². The maximum atomic E-state index is 12.1. The Labute approximate surface area is 145 Å². The number of nitrogens with zero attached hydrogens (tertiary/aromatic N) is 1. The van der Waals surface area contributed by atoms with Crippen molar-refractivity contribution < 1.29 is 18.7 Å². The third-order valence-corrected chi connectivity index (χ3v) is 4.22. The largest absolute Gasteiger partial charge is 0.463 e. The van der Waals surface area contributed by atoms with Gasteiger partial charge in [0.1, 0.15) is 5.76 Å². The topological polar surface area (TPSA) is 80.9 Å². The third kappa shape index (κ3) is 3.63. The number of hydrogen-bond donors (Lipinski definition) is 1. The monoisotopic (exact) mass is 340 g/mol. The van der Waals surface area contributed by atoms with Crippen molar-refractivity contribution in [2.75, 3.05) is 7.11 Å². The van der Waals surface area contributed by atoms with Crippen LogP contribution in [0.25, 0.3) is 0 Å². The maximum absolute atomic E-state index is 12.1. The normalized spacial score (nSPS) is 14.9. The van der Waals surface area contributed by atoms with Gasteiger partial charge in [-0.15, -0.1) is 0 Å². The first kappa shape index (κ1) is 17.0. The summed E-state index contributed by atoms with van der Waals surface area (Å²) in [6.07, 6.45) is 2.58. The van der Waals surface area contributed by atoms with Crippen LogP contribution in [-0.2, 0) is 22.4 Å². The van der Waals surface area contributed by atoms with E-state index in [1.54, 1.807) is 6.92 Å². The average molecular weight is 340 g/mol. The Morgan fingerprint density at radius 2 is 2.00 bits per heavy atom. The summed E-state index contributed by atoms with van der Waals surface area (Å²) >= 11 is 0. The number of ether oxygens (including phenoxy) is 1. The molecule has 1 heterocycles. The standard InChI is InChI=1S/C19H20N2O4/c1-12-17-14(9-6-10-15(17)25-18(12)19(23)24-2)20-21-16(22)11-13-7-4-3-5-8-13/h3-5,7-8H,6,9-11H2,1-2H3,(H,21,22)/b20-14+. The van der Waals surface area contributed by atoms with Crippen LogP contribution in [0.1, 0.15) is 45.8 Å². The molecule has 3 rings (SSSR count). The molecule has 0 saturated carbocycles. The number of rotatable bonds is 4. The molecule has 0 atom stereocenters. The van der Waals surface area contributed by atoms with Crippen molar-refractivity contribution >= 4 is 17.6 Å². The molecule has 1 aliphatic carbocycles. The zero-order valence-corrected chi connectivity index (χ0v) is 14.3. The van der Waals surface area contributed by atoms with Gasteiger partial charge in [0.15, 0.2) is 0 Å². The number of aryl methyl sites for hydroxylation is 1. The molecule has 0 radical (unpaired) electrons. The lowest BCUT2D eigenvalue weighted by Crippen LogP contribution is -2.23. The zero-order chi connectivity index (χ0) is 17.8. The molecule has 0 saturated heterocycles. The highest BCUT2D eigenvalue weighted by molar-refractivity contribution is 6.06. The summed E-state index contributed by atoms with van der Waals surface area (Å²) in [5.74, 6) is 0.248. The fourth-order valence-corrected chi connectivity index (χ4v) is 3.02. The molecule has 25 heavy (non-hydrogen) atoms. The highest BCUT2D eigenvalue weighted by atomic mass is 16.5. The van der Waals surface area contributed by atoms with Crippen LogP contribution in [0.2, 0.25) is 0 Å². The molecule has 130 valence electrons. The van der Waals surface area contributed by atoms with Crippen molar-refractivity contribution in [2.45, 2.75) is 32.6 Å². The number of esters is 1. The number of methoxy groups -OCH3 is 1. The van der Waals surface area contributed by atoms with Crippen LogP contribution in [0.5, 0.6) is 0 Å². The number of furan rings is 1. The van der Waals surface area contributed by atoms with Gasteiger partial charge in [0, 0.05) is 17.5 Å². The summed E-state index contributed by atoms with van der Waals surface area (Å²) in [5, 5.41) is 4.28.